The van der Waals surface area contributed by atoms with E-state index < -0.39 is 0 Å². The summed E-state index contributed by atoms with van der Waals surface area (Å²) < 4.78 is 15.8. The van der Waals surface area contributed by atoms with Crippen LogP contribution in [0.5, 0.6) is 23.0 Å². The van der Waals surface area contributed by atoms with Crippen LogP contribution in [0.2, 0.25) is 0 Å². The second kappa shape index (κ2) is 8.05. The molecule has 0 aliphatic carbocycles. The Balaban J connectivity index is 1.47. The number of ether oxygens (including phenoxy) is 2. The highest BCUT2D eigenvalue weighted by Crippen LogP contribution is 2.41. The molecule has 0 radical (unpaired) electrons. The summed E-state index contributed by atoms with van der Waals surface area (Å²) in [5, 5.41) is 2.57. The van der Waals surface area contributed by atoms with Crippen molar-refractivity contribution in [3.63, 3.8) is 0 Å². The van der Waals surface area contributed by atoms with E-state index in [4.69, 9.17) is 9.47 Å². The zero-order valence-corrected chi connectivity index (χ0v) is 23.8. The second-order valence-electron chi connectivity index (χ2n) is 11.9. The van der Waals surface area contributed by atoms with E-state index in [0.717, 1.165) is 34.1 Å². The molecule has 0 amide bonds. The third kappa shape index (κ3) is 3.19. The van der Waals surface area contributed by atoms with Crippen molar-refractivity contribution in [3.8, 4) is 28.7 Å². The van der Waals surface area contributed by atoms with Gasteiger partial charge in [0.25, 0.3) is 6.71 Å². The third-order valence-electron chi connectivity index (χ3n) is 8.66. The van der Waals surface area contributed by atoms with Crippen LogP contribution in [0, 0.1) is 41.5 Å². The van der Waals surface area contributed by atoms with Crippen LogP contribution in [0.25, 0.3) is 27.5 Å². The van der Waals surface area contributed by atoms with E-state index in [-0.39, 0.29) is 6.71 Å². The molecule has 0 fully saturated rings. The van der Waals surface area contributed by atoms with E-state index in [1.807, 2.05) is 0 Å². The van der Waals surface area contributed by atoms with Crippen LogP contribution < -0.4 is 25.9 Å². The average molecular weight is 519 g/mol. The van der Waals surface area contributed by atoms with Gasteiger partial charge in [0.15, 0.2) is 0 Å². The van der Waals surface area contributed by atoms with Gasteiger partial charge in [-0.05, 0) is 87.9 Å². The predicted octanol–water partition coefficient (Wildman–Crippen LogP) is 7.36. The Bertz CT molecular complexity index is 1940. The highest BCUT2D eigenvalue weighted by Gasteiger charge is 2.40. The van der Waals surface area contributed by atoms with E-state index in [1.54, 1.807) is 0 Å². The van der Waals surface area contributed by atoms with Crippen molar-refractivity contribution in [1.82, 2.24) is 4.57 Å². The van der Waals surface area contributed by atoms with Crippen LogP contribution in [0.1, 0.15) is 33.4 Å². The maximum absolute atomic E-state index is 6.69. The summed E-state index contributed by atoms with van der Waals surface area (Å²) in [6.45, 7) is 13.2. The van der Waals surface area contributed by atoms with Crippen LogP contribution in [0.3, 0.4) is 0 Å². The minimum Gasteiger partial charge on any atom is -0.458 e. The number of aryl methyl sites for hydroxylation is 6. The molecule has 0 N–H and O–H groups in total. The molecule has 3 nitrogen and oxygen atoms in total. The summed E-state index contributed by atoms with van der Waals surface area (Å²) in [4.78, 5) is 0. The van der Waals surface area contributed by atoms with Crippen molar-refractivity contribution < 1.29 is 9.47 Å². The monoisotopic (exact) mass is 519 g/mol. The molecule has 0 atom stereocenters. The summed E-state index contributed by atoms with van der Waals surface area (Å²) >= 11 is 0. The Kier molecular flexibility index (Phi) is 4.72. The van der Waals surface area contributed by atoms with Crippen molar-refractivity contribution in [3.05, 3.63) is 106 Å². The lowest BCUT2D eigenvalue weighted by Gasteiger charge is -2.34. The average Bonchev–Trinajstić information content (AvgIpc) is 3.23. The van der Waals surface area contributed by atoms with E-state index in [2.05, 4.69) is 119 Å². The highest BCUT2D eigenvalue weighted by atomic mass is 16.5. The Morgan fingerprint density at radius 3 is 1.45 bits per heavy atom. The van der Waals surface area contributed by atoms with E-state index in [0.29, 0.717) is 0 Å². The molecule has 0 bridgehead atoms. The van der Waals surface area contributed by atoms with Gasteiger partial charge in [-0.15, -0.1) is 0 Å². The first kappa shape index (κ1) is 23.5. The maximum atomic E-state index is 6.69. The quantitative estimate of drug-likeness (QED) is 0.212. The smallest absolute Gasteiger partial charge is 0.260 e. The van der Waals surface area contributed by atoms with E-state index in [9.17, 15) is 0 Å². The molecule has 194 valence electrons. The topological polar surface area (TPSA) is 23.4 Å². The fourth-order valence-corrected chi connectivity index (χ4v) is 7.15. The van der Waals surface area contributed by atoms with Gasteiger partial charge in [-0.2, -0.15) is 0 Å². The van der Waals surface area contributed by atoms with Crippen molar-refractivity contribution in [2.75, 3.05) is 0 Å². The van der Waals surface area contributed by atoms with Crippen LogP contribution in [0.15, 0.2) is 72.8 Å². The Labute approximate surface area is 235 Å². The normalized spacial score (nSPS) is 13.1. The Morgan fingerprint density at radius 2 is 0.975 bits per heavy atom. The van der Waals surface area contributed by atoms with Crippen LogP contribution in [-0.4, -0.2) is 11.3 Å². The third-order valence-corrected chi connectivity index (χ3v) is 8.66. The lowest BCUT2D eigenvalue weighted by atomic mass is 9.34. The molecule has 0 spiro atoms. The number of benzene rings is 5. The van der Waals surface area contributed by atoms with Crippen molar-refractivity contribution in [2.24, 2.45) is 0 Å². The summed E-state index contributed by atoms with van der Waals surface area (Å²) in [7, 11) is 0. The first-order chi connectivity index (χ1) is 19.3. The van der Waals surface area contributed by atoms with Gasteiger partial charge in [-0.25, -0.2) is 0 Å². The first-order valence-corrected chi connectivity index (χ1v) is 14.0. The van der Waals surface area contributed by atoms with Crippen LogP contribution >= 0.6 is 0 Å². The Hall–Kier alpha value is -4.44. The molecule has 2 aliphatic rings. The van der Waals surface area contributed by atoms with Gasteiger partial charge in [0, 0.05) is 28.4 Å². The van der Waals surface area contributed by atoms with Crippen molar-refractivity contribution in [1.29, 1.82) is 0 Å². The van der Waals surface area contributed by atoms with Gasteiger partial charge < -0.3 is 14.0 Å². The van der Waals surface area contributed by atoms with Crippen molar-refractivity contribution in [2.45, 2.75) is 41.5 Å². The lowest BCUT2D eigenvalue weighted by Crippen LogP contribution is -2.57. The van der Waals surface area contributed by atoms with Gasteiger partial charge in [0.2, 0.25) is 0 Å². The largest absolute Gasteiger partial charge is 0.458 e. The molecule has 0 saturated heterocycles. The number of rotatable bonds is 1. The standard InChI is InChI=1S/C36H30BNO2/c1-19-7-9-30-28(15-19)37-29-16-20(2)8-10-31(29)40-33-18-25(17-32(39-30)34(33)37)38-35-23(5)11-21(3)13-26(35)27-14-22(4)12-24(6)36(27)38/h7-18H,1-6H3. The number of hydrogen-bond donors (Lipinski definition) is 0. The number of hydrogen-bond acceptors (Lipinski definition) is 2. The van der Waals surface area contributed by atoms with Gasteiger partial charge in [-0.3, -0.25) is 0 Å². The molecule has 1 aromatic heterocycles. The molecule has 0 saturated carbocycles. The number of fused-ring (bicyclic) bond motifs is 7. The molecule has 5 aromatic carbocycles. The lowest BCUT2D eigenvalue weighted by molar-refractivity contribution is 0.464. The fourth-order valence-electron chi connectivity index (χ4n) is 7.15. The van der Waals surface area contributed by atoms with Gasteiger partial charge in [0.1, 0.15) is 23.0 Å². The maximum Gasteiger partial charge on any atom is 0.260 e. The van der Waals surface area contributed by atoms with Crippen LogP contribution in [0.4, 0.5) is 0 Å². The molecule has 6 aromatic rings. The van der Waals surface area contributed by atoms with E-state index in [1.165, 1.54) is 66.1 Å². The minimum absolute atomic E-state index is 0.0678. The Morgan fingerprint density at radius 1 is 0.500 bits per heavy atom. The molecule has 8 rings (SSSR count). The molecular formula is C36H30BNO2. The second-order valence-corrected chi connectivity index (χ2v) is 11.9. The summed E-state index contributed by atoms with van der Waals surface area (Å²) in [6.07, 6.45) is 0. The highest BCUT2D eigenvalue weighted by molar-refractivity contribution is 6.98. The zero-order chi connectivity index (χ0) is 27.4. The summed E-state index contributed by atoms with van der Waals surface area (Å²) in [5.41, 5.74) is 14.6. The van der Waals surface area contributed by atoms with Gasteiger partial charge >= 0.3 is 0 Å². The number of aromatic nitrogens is 1. The van der Waals surface area contributed by atoms with Gasteiger partial charge in [-0.1, -0.05) is 58.7 Å². The van der Waals surface area contributed by atoms with Crippen LogP contribution in [-0.2, 0) is 0 Å². The minimum atomic E-state index is 0.0678. The summed E-state index contributed by atoms with van der Waals surface area (Å²) in [5.74, 6) is 3.57. The molecule has 40 heavy (non-hydrogen) atoms. The number of nitrogens with zero attached hydrogens (tertiary/aromatic N) is 1. The first-order valence-electron chi connectivity index (χ1n) is 14.0. The molecule has 0 unspecified atom stereocenters. The molecule has 2 aliphatic heterocycles. The van der Waals surface area contributed by atoms with Crippen molar-refractivity contribution >= 4 is 44.9 Å². The zero-order valence-electron chi connectivity index (χ0n) is 23.8. The molecule has 4 heteroatoms. The predicted molar refractivity (Wildman–Crippen MR) is 167 cm³/mol. The molecule has 3 heterocycles. The van der Waals surface area contributed by atoms with Gasteiger partial charge in [0.05, 0.1) is 16.7 Å². The van der Waals surface area contributed by atoms with E-state index >= 15 is 0 Å². The SMILES string of the molecule is Cc1ccc2c(c1)B1c3cc(C)ccc3Oc3cc(-n4c5c(C)cc(C)cc5c5cc(C)cc(C)c54)cc(c31)O2. The fraction of sp³-hybridized carbons (Fsp3) is 0.167. The summed E-state index contributed by atoms with van der Waals surface area (Å²) in [6, 6.07) is 26.7. The molecular weight excluding hydrogens is 489 g/mol.